The van der Waals surface area contributed by atoms with Crippen LogP contribution in [0.5, 0.6) is 0 Å². The Balaban J connectivity index is 1.65. The summed E-state index contributed by atoms with van der Waals surface area (Å²) >= 11 is 0. The molecule has 3 heterocycles. The van der Waals surface area contributed by atoms with Crippen molar-refractivity contribution in [1.29, 1.82) is 0 Å². The Hall–Kier alpha value is -3.38. The number of carbonyl (C=O) groups is 3. The van der Waals surface area contributed by atoms with E-state index in [0.29, 0.717) is 37.3 Å². The van der Waals surface area contributed by atoms with Crippen LogP contribution < -0.4 is 9.80 Å². The van der Waals surface area contributed by atoms with Crippen LogP contribution in [0.25, 0.3) is 0 Å². The van der Waals surface area contributed by atoms with Crippen LogP contribution in [-0.2, 0) is 33.8 Å². The molecule has 2 fully saturated rings. The predicted octanol–water partition coefficient (Wildman–Crippen LogP) is 0.785. The average Bonchev–Trinajstić information content (AvgIpc) is 3.19. The topological polar surface area (TPSA) is 104 Å². The zero-order valence-electron chi connectivity index (χ0n) is 17.7. The first-order valence-electron chi connectivity index (χ1n) is 10.5. The van der Waals surface area contributed by atoms with Gasteiger partial charge < -0.3 is 9.64 Å². The zero-order valence-corrected chi connectivity index (χ0v) is 18.6. The third kappa shape index (κ3) is 3.05. The molecule has 2 saturated heterocycles. The van der Waals surface area contributed by atoms with E-state index in [1.807, 2.05) is 0 Å². The number of fused-ring (bicyclic) bond motifs is 2. The molecule has 0 bridgehead atoms. The molecule has 3 aliphatic rings. The molecular weight excluding hydrogens is 472 g/mol. The molecule has 2 aromatic rings. The van der Waals surface area contributed by atoms with Gasteiger partial charge in [0.2, 0.25) is 11.8 Å². The Kier molecular flexibility index (Phi) is 5.17. The molecule has 1 unspecified atom stereocenters. The van der Waals surface area contributed by atoms with E-state index >= 15 is 0 Å². The van der Waals surface area contributed by atoms with E-state index < -0.39 is 56.4 Å². The van der Waals surface area contributed by atoms with E-state index in [2.05, 4.69) is 0 Å². The van der Waals surface area contributed by atoms with E-state index in [1.54, 1.807) is 6.07 Å². The van der Waals surface area contributed by atoms with Crippen molar-refractivity contribution in [1.82, 2.24) is 4.90 Å². The minimum atomic E-state index is -4.49. The van der Waals surface area contributed by atoms with Crippen LogP contribution in [-0.4, -0.2) is 69.6 Å². The van der Waals surface area contributed by atoms with Gasteiger partial charge in [-0.25, -0.2) is 17.2 Å². The highest BCUT2D eigenvalue weighted by Gasteiger charge is 2.69. The summed E-state index contributed by atoms with van der Waals surface area (Å²) in [6, 6.07) is 8.41. The van der Waals surface area contributed by atoms with Gasteiger partial charge in [0.25, 0.3) is 10.8 Å². The fraction of sp³-hybridized carbons (Fsp3) is 0.318. The third-order valence-electron chi connectivity index (χ3n) is 6.24. The molecule has 9 nitrogen and oxygen atoms in total. The maximum atomic E-state index is 14.1. The molecule has 34 heavy (non-hydrogen) atoms. The van der Waals surface area contributed by atoms with Crippen molar-refractivity contribution in [2.24, 2.45) is 0 Å². The Labute approximate surface area is 193 Å². The maximum absolute atomic E-state index is 14.1. The second-order valence-corrected chi connectivity index (χ2v) is 10.2. The highest BCUT2D eigenvalue weighted by atomic mass is 32.2. The first kappa shape index (κ1) is 22.4. The van der Waals surface area contributed by atoms with Crippen molar-refractivity contribution < 1.29 is 36.3 Å². The number of hydrogen-bond donors (Lipinski definition) is 0. The SMILES string of the molecule is O=C(CN1C(=O)C2(c3ccccc31)N(c1ccc(F)c(F)c1)C(=O)CS2(=O)=O)N1CCOCC1. The summed E-state index contributed by atoms with van der Waals surface area (Å²) < 4.78 is 59.8. The molecular formula is C22H19F2N3O6S. The Bertz CT molecular complexity index is 1330. The van der Waals surface area contributed by atoms with Crippen LogP contribution in [0, 0.1) is 11.6 Å². The van der Waals surface area contributed by atoms with Gasteiger partial charge in [-0.15, -0.1) is 0 Å². The van der Waals surface area contributed by atoms with E-state index in [-0.39, 0.29) is 16.9 Å². The average molecular weight is 491 g/mol. The number of benzene rings is 2. The van der Waals surface area contributed by atoms with Gasteiger partial charge in [-0.3, -0.25) is 24.2 Å². The molecule has 0 radical (unpaired) electrons. The molecule has 1 atom stereocenters. The molecule has 3 amide bonds. The summed E-state index contributed by atoms with van der Waals surface area (Å²) in [5, 5.41) is 0. The number of amides is 3. The lowest BCUT2D eigenvalue weighted by molar-refractivity contribution is -0.135. The summed E-state index contributed by atoms with van der Waals surface area (Å²) in [4.78, 5) is 40.5. The van der Waals surface area contributed by atoms with Gasteiger partial charge >= 0.3 is 0 Å². The lowest BCUT2D eigenvalue weighted by Crippen LogP contribution is -2.56. The number of para-hydroxylation sites is 1. The minimum absolute atomic E-state index is 0.0228. The number of carbonyl (C=O) groups excluding carboxylic acids is 3. The predicted molar refractivity (Wildman–Crippen MR) is 116 cm³/mol. The molecule has 2 aromatic carbocycles. The van der Waals surface area contributed by atoms with Crippen molar-refractivity contribution in [3.05, 3.63) is 59.7 Å². The minimum Gasteiger partial charge on any atom is -0.378 e. The van der Waals surface area contributed by atoms with Crippen molar-refractivity contribution in [2.45, 2.75) is 4.87 Å². The molecule has 0 N–H and O–H groups in total. The van der Waals surface area contributed by atoms with Crippen LogP contribution in [0.3, 0.4) is 0 Å². The monoisotopic (exact) mass is 491 g/mol. The van der Waals surface area contributed by atoms with Gasteiger partial charge in [-0.1, -0.05) is 18.2 Å². The molecule has 12 heteroatoms. The summed E-state index contributed by atoms with van der Waals surface area (Å²) in [6.07, 6.45) is 0. The van der Waals surface area contributed by atoms with Gasteiger partial charge in [0.15, 0.2) is 21.5 Å². The molecule has 0 aromatic heterocycles. The van der Waals surface area contributed by atoms with E-state index in [1.165, 1.54) is 23.1 Å². The lowest BCUT2D eigenvalue weighted by atomic mass is 10.0. The van der Waals surface area contributed by atoms with Gasteiger partial charge in [-0.05, 0) is 18.2 Å². The number of hydrogen-bond acceptors (Lipinski definition) is 6. The van der Waals surface area contributed by atoms with Crippen molar-refractivity contribution >= 4 is 38.9 Å². The molecule has 0 aliphatic carbocycles. The number of rotatable bonds is 3. The fourth-order valence-corrected chi connectivity index (χ4v) is 6.75. The Morgan fingerprint density at radius 2 is 1.74 bits per heavy atom. The highest BCUT2D eigenvalue weighted by molar-refractivity contribution is 7.94. The van der Waals surface area contributed by atoms with Crippen molar-refractivity contribution in [3.8, 4) is 0 Å². The van der Waals surface area contributed by atoms with Gasteiger partial charge in [0, 0.05) is 30.4 Å². The Morgan fingerprint density at radius 1 is 1.03 bits per heavy atom. The van der Waals surface area contributed by atoms with Gasteiger partial charge in [0.05, 0.1) is 18.9 Å². The number of nitrogens with zero attached hydrogens (tertiary/aromatic N) is 3. The second-order valence-electron chi connectivity index (χ2n) is 8.13. The number of sulfone groups is 1. The molecule has 0 saturated carbocycles. The fourth-order valence-electron chi connectivity index (χ4n) is 4.72. The standard InChI is InChI=1S/C22H19F2N3O6S/c23-16-6-5-14(11-17(16)24)27-20(29)13-34(31,32)22(27)15-3-1-2-4-18(15)26(21(22)30)12-19(28)25-7-9-33-10-8-25/h1-6,11H,7-10,12-13H2. The van der Waals surface area contributed by atoms with Crippen molar-refractivity contribution in [3.63, 3.8) is 0 Å². The van der Waals surface area contributed by atoms with Crippen LogP contribution in [0.4, 0.5) is 20.2 Å². The van der Waals surface area contributed by atoms with Crippen LogP contribution >= 0.6 is 0 Å². The van der Waals surface area contributed by atoms with Crippen LogP contribution in [0.15, 0.2) is 42.5 Å². The van der Waals surface area contributed by atoms with Crippen molar-refractivity contribution in [2.75, 3.05) is 48.4 Å². The van der Waals surface area contributed by atoms with Crippen LogP contribution in [0.1, 0.15) is 5.56 Å². The summed E-state index contributed by atoms with van der Waals surface area (Å²) in [5.41, 5.74) is -0.153. The van der Waals surface area contributed by atoms with Gasteiger partial charge in [0.1, 0.15) is 12.3 Å². The first-order chi connectivity index (χ1) is 16.2. The molecule has 3 aliphatic heterocycles. The summed E-state index contributed by atoms with van der Waals surface area (Å²) in [5.74, 6) is -5.89. The van der Waals surface area contributed by atoms with E-state index in [9.17, 15) is 31.6 Å². The molecule has 178 valence electrons. The van der Waals surface area contributed by atoms with E-state index in [0.717, 1.165) is 17.0 Å². The quantitative estimate of drug-likeness (QED) is 0.629. The lowest BCUT2D eigenvalue weighted by Gasteiger charge is -2.33. The normalized spacial score (nSPS) is 23.6. The van der Waals surface area contributed by atoms with Crippen LogP contribution in [0.2, 0.25) is 0 Å². The highest BCUT2D eigenvalue weighted by Crippen LogP contribution is 2.52. The number of anilines is 2. The largest absolute Gasteiger partial charge is 0.378 e. The maximum Gasteiger partial charge on any atom is 0.274 e. The summed E-state index contributed by atoms with van der Waals surface area (Å²) in [7, 11) is -4.49. The number of ether oxygens (including phenoxy) is 1. The molecule has 1 spiro atoms. The number of halogens is 2. The van der Waals surface area contributed by atoms with E-state index in [4.69, 9.17) is 4.74 Å². The number of morpholine rings is 1. The first-order valence-corrected chi connectivity index (χ1v) is 12.1. The Morgan fingerprint density at radius 3 is 2.44 bits per heavy atom. The summed E-state index contributed by atoms with van der Waals surface area (Å²) in [6.45, 7) is 0.879. The zero-order chi connectivity index (χ0) is 24.3. The third-order valence-corrected chi connectivity index (χ3v) is 8.35. The smallest absolute Gasteiger partial charge is 0.274 e. The molecule has 5 rings (SSSR count). The second kappa shape index (κ2) is 7.84. The van der Waals surface area contributed by atoms with Gasteiger partial charge in [-0.2, -0.15) is 0 Å².